The van der Waals surface area contributed by atoms with Crippen LogP contribution < -0.4 is 40.2 Å². The maximum Gasteiger partial charge on any atom is 0.437 e. The van der Waals surface area contributed by atoms with Gasteiger partial charge in [0.25, 0.3) is 11.8 Å². The van der Waals surface area contributed by atoms with Crippen molar-refractivity contribution < 1.29 is 129 Å². The molecule has 0 unspecified atom stereocenters. The summed E-state index contributed by atoms with van der Waals surface area (Å²) in [6.07, 6.45) is -4.32. The van der Waals surface area contributed by atoms with Crippen LogP contribution in [-0.4, -0.2) is 217 Å². The maximum absolute atomic E-state index is 15.4. The zero-order valence-corrected chi connectivity index (χ0v) is 75.2. The van der Waals surface area contributed by atoms with E-state index in [0.717, 1.165) is 9.80 Å². The van der Waals surface area contributed by atoms with Gasteiger partial charge in [-0.25, -0.2) is 38.4 Å². The number of benzene rings is 4. The van der Waals surface area contributed by atoms with Gasteiger partial charge >= 0.3 is 60.2 Å². The van der Waals surface area contributed by atoms with E-state index >= 15 is 9.59 Å². The molecule has 0 saturated heterocycles. The van der Waals surface area contributed by atoms with Gasteiger partial charge in [-0.15, -0.1) is 9.98 Å². The molecule has 0 fully saturated rings. The molecule has 0 saturated carbocycles. The van der Waals surface area contributed by atoms with Crippen molar-refractivity contribution in [2.24, 2.45) is 9.98 Å². The second-order valence-corrected chi connectivity index (χ2v) is 36.6. The van der Waals surface area contributed by atoms with Crippen LogP contribution in [0.3, 0.4) is 0 Å². The van der Waals surface area contributed by atoms with E-state index in [9.17, 15) is 47.9 Å². The number of para-hydroxylation sites is 2. The van der Waals surface area contributed by atoms with Crippen LogP contribution in [0.25, 0.3) is 0 Å². The van der Waals surface area contributed by atoms with Crippen molar-refractivity contribution >= 4 is 95.3 Å². The number of ether oxygens (including phenoxy) is 15. The lowest BCUT2D eigenvalue weighted by Gasteiger charge is -2.33. The molecule has 0 radical (unpaired) electrons. The molecule has 0 aromatic heterocycles. The minimum atomic E-state index is -1.63. The number of fused-ring (bicyclic) bond motifs is 4. The number of amides is 6. The fraction of sp³-hybridized carbons (Fsp3) is 0.568. The molecule has 2 aliphatic rings. The number of anilines is 2. The normalized spacial score (nSPS) is 14.2. The highest BCUT2D eigenvalue weighted by molar-refractivity contribution is 6.08. The first-order valence-electron chi connectivity index (χ1n) is 40.5. The molecule has 4 aromatic rings. The highest BCUT2D eigenvalue weighted by Crippen LogP contribution is 2.38. The smallest absolute Gasteiger partial charge is 0.437 e. The third-order valence-corrected chi connectivity index (χ3v) is 16.0. The molecule has 0 bridgehead atoms. The monoisotopic (exact) mass is 1720 g/mol. The molecule has 4 aromatic carbocycles. The van der Waals surface area contributed by atoms with E-state index in [1.54, 1.807) is 178 Å². The Morgan fingerprint density at radius 1 is 0.398 bits per heavy atom. The number of hydrogen-bond donors (Lipinski definition) is 4. The predicted molar refractivity (Wildman–Crippen MR) is 451 cm³/mol. The van der Waals surface area contributed by atoms with E-state index in [2.05, 4.69) is 31.3 Å². The lowest BCUT2D eigenvalue weighted by atomic mass is 10.0. The van der Waals surface area contributed by atoms with Gasteiger partial charge in [-0.2, -0.15) is 0 Å². The van der Waals surface area contributed by atoms with Crippen molar-refractivity contribution in [2.75, 3.05) is 76.6 Å². The number of esters is 6. The van der Waals surface area contributed by atoms with Crippen molar-refractivity contribution in [1.29, 1.82) is 0 Å². The summed E-state index contributed by atoms with van der Waals surface area (Å²) >= 11 is 0. The van der Waals surface area contributed by atoms with Crippen LogP contribution in [0.1, 0.15) is 244 Å². The molecule has 6 rings (SSSR count). The van der Waals surface area contributed by atoms with E-state index in [0.29, 0.717) is 22.5 Å². The van der Waals surface area contributed by atoms with Crippen LogP contribution in [0.2, 0.25) is 0 Å². The Morgan fingerprint density at radius 3 is 1.03 bits per heavy atom. The van der Waals surface area contributed by atoms with Gasteiger partial charge in [0.05, 0.1) is 88.0 Å². The Labute approximate surface area is 718 Å². The van der Waals surface area contributed by atoms with Crippen molar-refractivity contribution in [2.45, 2.75) is 262 Å². The number of hydrogen-bond acceptors (Lipinski definition) is 27. The summed E-state index contributed by atoms with van der Waals surface area (Å²) in [4.78, 5) is 178. The third kappa shape index (κ3) is 35.9. The Bertz CT molecular complexity index is 4240. The number of rotatable bonds is 24. The van der Waals surface area contributed by atoms with Crippen LogP contribution in [0, 0.1) is 0 Å². The molecular formula is C88H122N8O27. The van der Waals surface area contributed by atoms with Gasteiger partial charge < -0.3 is 91.5 Å². The van der Waals surface area contributed by atoms with Gasteiger partial charge in [0, 0.05) is 24.5 Å². The van der Waals surface area contributed by atoms with Crippen LogP contribution in [-0.2, 0) is 84.1 Å². The largest absolute Gasteiger partial charge is 0.489 e. The maximum atomic E-state index is 15.4. The molecule has 6 amide bonds. The SMILES string of the molecule is CC(C)(C)OC(=O)C[C@@H](C(=O)OC(C)(C)C)N(CCOCCOCCOCCN(C(=O)c1cccc2c1OCCCc1cc(NC(=NC(=O)OC(C)(C)C)NC(=O)OC(C)(C)C)ccc1C(=O)O2)[C@@H](CC(=O)OC(C)(C)C)C(=O)OC(C)(C)C)C(=O)c1cccc2c1OCCCc1cc(NC(=NC(=O)OC(C)(C)C)NC(=O)OC(C)(C)C)ccc1C(=O)O2. The number of alkyl carbamates (subject to hydrolysis) is 2. The molecular weight excluding hydrogens is 1600 g/mol. The molecule has 4 N–H and O–H groups in total. The van der Waals surface area contributed by atoms with E-state index in [4.69, 9.17) is 71.1 Å². The molecule has 123 heavy (non-hydrogen) atoms. The minimum absolute atomic E-state index is 0.0525. The quantitative estimate of drug-likeness (QED) is 0.0126. The minimum Gasteiger partial charge on any atom is -0.489 e. The number of aryl methyl sites for hydroxylation is 2. The number of carbonyl (C=O) groups is 12. The Hall–Kier alpha value is -11.5. The van der Waals surface area contributed by atoms with Crippen LogP contribution in [0.5, 0.6) is 23.0 Å². The molecule has 35 nitrogen and oxygen atoms in total. The highest BCUT2D eigenvalue weighted by atomic mass is 16.6. The summed E-state index contributed by atoms with van der Waals surface area (Å²) in [7, 11) is 0. The van der Waals surface area contributed by atoms with E-state index in [1.807, 2.05) is 0 Å². The van der Waals surface area contributed by atoms with Gasteiger partial charge in [0.15, 0.2) is 23.0 Å². The van der Waals surface area contributed by atoms with Crippen LogP contribution in [0.4, 0.5) is 30.6 Å². The number of carbonyl (C=O) groups excluding carboxylic acids is 12. The first kappa shape index (κ1) is 100. The molecule has 0 spiro atoms. The Morgan fingerprint density at radius 2 is 0.715 bits per heavy atom. The summed E-state index contributed by atoms with van der Waals surface area (Å²) in [5.74, 6) is -8.32. The molecule has 2 aliphatic heterocycles. The summed E-state index contributed by atoms with van der Waals surface area (Å²) in [6.45, 7) is 37.8. The number of nitrogens with one attached hydrogen (secondary N) is 4. The second-order valence-electron chi connectivity index (χ2n) is 36.6. The third-order valence-electron chi connectivity index (χ3n) is 16.0. The molecule has 2 atom stereocenters. The lowest BCUT2D eigenvalue weighted by molar-refractivity contribution is -0.167. The van der Waals surface area contributed by atoms with Gasteiger partial charge in [-0.05, 0) is 264 Å². The molecule has 0 aliphatic carbocycles. The van der Waals surface area contributed by atoms with Crippen molar-refractivity contribution in [3.8, 4) is 23.0 Å². The van der Waals surface area contributed by atoms with Gasteiger partial charge in [-0.3, -0.25) is 29.8 Å². The fourth-order valence-electron chi connectivity index (χ4n) is 11.6. The second kappa shape index (κ2) is 43.0. The van der Waals surface area contributed by atoms with E-state index < -0.39 is 142 Å². The standard InChI is InChI=1S/C88H122N8O27/c1-81(2,3)116-65(97)51-61(73(103)118-83(7,8)9)95(69(99)59-31-25-33-63-67(59)112-41-27-29-53-49-55(35-37-57(53)71(101)114-63)89-75(91-77(105)120-85(13,14)15)92-78(106)121-86(16,17)18)39-43-109-45-47-111-48-46-110-44-40-96(62(74(104)119-84(10,11)12)52-66(98)117-82(4,5)6)70(100)60-32-26-34-64-68(60)113-42-28-30-54-50-56(36-38-58(54)72(102)115-64)90-76(93-79(107)122-87(19,20)21)94-80(108)123-88(22,23)24/h25-26,31-38,49-50,61-62H,27-30,39-48,51-52H2,1-24H3,(H2,89,91,92,105,106)(H2,90,93,94,107,108)/t61-,62-/m0/s1. The molecule has 35 heteroatoms. The first-order valence-corrected chi connectivity index (χ1v) is 40.5. The Balaban J connectivity index is 1.21. The summed E-state index contributed by atoms with van der Waals surface area (Å²) in [6, 6.07) is 14.4. The average Bonchev–Trinajstić information content (AvgIpc) is 0.793. The van der Waals surface area contributed by atoms with Crippen molar-refractivity contribution in [1.82, 2.24) is 20.4 Å². The lowest BCUT2D eigenvalue weighted by Crippen LogP contribution is -2.50. The summed E-state index contributed by atoms with van der Waals surface area (Å²) in [5, 5.41) is 10.7. The number of nitrogens with zero attached hydrogens (tertiary/aromatic N) is 4. The van der Waals surface area contributed by atoms with Crippen LogP contribution >= 0.6 is 0 Å². The van der Waals surface area contributed by atoms with E-state index in [-0.39, 0.29) is 149 Å². The van der Waals surface area contributed by atoms with Gasteiger partial charge in [-0.1, -0.05) is 12.1 Å². The topological polar surface area (TPSA) is 423 Å². The number of guanidine groups is 2. The van der Waals surface area contributed by atoms with Crippen molar-refractivity contribution in [3.63, 3.8) is 0 Å². The molecule has 676 valence electrons. The van der Waals surface area contributed by atoms with Gasteiger partial charge in [0.2, 0.25) is 11.9 Å². The Kier molecular flexibility index (Phi) is 35.1. The fourth-order valence-corrected chi connectivity index (χ4v) is 11.6. The molecule has 2 heterocycles. The zero-order chi connectivity index (χ0) is 92.0. The highest BCUT2D eigenvalue weighted by Gasteiger charge is 2.42. The van der Waals surface area contributed by atoms with Gasteiger partial charge in [0.1, 0.15) is 56.9 Å². The van der Waals surface area contributed by atoms with E-state index in [1.165, 1.54) is 60.7 Å². The summed E-state index contributed by atoms with van der Waals surface area (Å²) in [5.41, 5.74) is -6.50. The van der Waals surface area contributed by atoms with Crippen molar-refractivity contribution in [3.05, 3.63) is 106 Å². The summed E-state index contributed by atoms with van der Waals surface area (Å²) < 4.78 is 87.2. The average molecular weight is 1720 g/mol. The predicted octanol–water partition coefficient (Wildman–Crippen LogP) is 13.7. The number of aliphatic imine (C=N–C) groups is 2. The first-order chi connectivity index (χ1) is 56.9. The zero-order valence-electron chi connectivity index (χ0n) is 75.2. The van der Waals surface area contributed by atoms with Crippen LogP contribution in [0.15, 0.2) is 82.8 Å².